The van der Waals surface area contributed by atoms with Crippen LogP contribution in [0.1, 0.15) is 30.9 Å². The van der Waals surface area contributed by atoms with Crippen LogP contribution in [0.25, 0.3) is 0 Å². The van der Waals surface area contributed by atoms with Gasteiger partial charge in [0.1, 0.15) is 13.2 Å². The normalized spacial score (nSPS) is 22.8. The summed E-state index contributed by atoms with van der Waals surface area (Å²) in [6.07, 6.45) is 1.22. The molecule has 2 aliphatic heterocycles. The molecule has 0 spiro atoms. The first-order chi connectivity index (χ1) is 12.1. The number of hydrogen-bond acceptors (Lipinski definition) is 5. The highest BCUT2D eigenvalue weighted by Crippen LogP contribution is 2.45. The number of hydrogen-bond donors (Lipinski definition) is 1. The number of carboxylic acid groups (broad SMARTS) is 1. The predicted molar refractivity (Wildman–Crippen MR) is 88.7 cm³/mol. The van der Waals surface area contributed by atoms with Crippen LogP contribution in [0.15, 0.2) is 18.2 Å². The smallest absolute Gasteiger partial charge is 0.308 e. The molecule has 3 rings (SSSR count). The Balaban J connectivity index is 1.99. The number of aliphatic carboxylic acids is 1. The number of rotatable bonds is 6. The number of para-hydroxylation sites is 1. The van der Waals surface area contributed by atoms with Crippen LogP contribution >= 0.6 is 0 Å². The molecule has 0 aliphatic carbocycles. The van der Waals surface area contributed by atoms with Crippen molar-refractivity contribution >= 4 is 11.9 Å². The molecule has 0 saturated carbocycles. The lowest BCUT2D eigenvalue weighted by atomic mass is 9.83. The Labute approximate surface area is 146 Å². The van der Waals surface area contributed by atoms with Crippen LogP contribution in [0.4, 0.5) is 0 Å². The maximum atomic E-state index is 12.5. The minimum atomic E-state index is -0.899. The molecule has 2 atom stereocenters. The fraction of sp³-hybridized carbons (Fsp3) is 0.556. The lowest BCUT2D eigenvalue weighted by Crippen LogP contribution is -2.46. The van der Waals surface area contributed by atoms with Crippen molar-refractivity contribution in [3.8, 4) is 11.5 Å². The summed E-state index contributed by atoms with van der Waals surface area (Å²) in [6.45, 7) is 1.83. The molecule has 136 valence electrons. The quantitative estimate of drug-likeness (QED) is 0.789. The van der Waals surface area contributed by atoms with Crippen LogP contribution in [0.5, 0.6) is 11.5 Å². The van der Waals surface area contributed by atoms with Gasteiger partial charge in [0.15, 0.2) is 11.5 Å². The van der Waals surface area contributed by atoms with Gasteiger partial charge >= 0.3 is 5.97 Å². The molecular weight excluding hydrogens is 326 g/mol. The minimum absolute atomic E-state index is 0.0343. The highest BCUT2D eigenvalue weighted by Gasteiger charge is 2.42. The average Bonchev–Trinajstić information content (AvgIpc) is 2.62. The largest absolute Gasteiger partial charge is 0.486 e. The van der Waals surface area contributed by atoms with E-state index in [0.29, 0.717) is 56.3 Å². The van der Waals surface area contributed by atoms with Gasteiger partial charge in [-0.05, 0) is 18.9 Å². The van der Waals surface area contributed by atoms with Crippen LogP contribution < -0.4 is 9.47 Å². The van der Waals surface area contributed by atoms with E-state index in [0.717, 1.165) is 0 Å². The number of nitrogens with zero attached hydrogens (tertiary/aromatic N) is 1. The Bertz CT molecular complexity index is 646. The summed E-state index contributed by atoms with van der Waals surface area (Å²) in [5.74, 6) is -0.451. The van der Waals surface area contributed by atoms with Crippen molar-refractivity contribution in [3.63, 3.8) is 0 Å². The molecule has 7 nitrogen and oxygen atoms in total. The first-order valence-corrected chi connectivity index (χ1v) is 8.53. The number of ether oxygens (including phenoxy) is 3. The van der Waals surface area contributed by atoms with E-state index in [1.807, 2.05) is 12.1 Å². The molecule has 1 N–H and O–H groups in total. The molecule has 2 aliphatic rings. The summed E-state index contributed by atoms with van der Waals surface area (Å²) >= 11 is 0. The molecule has 0 unspecified atom stereocenters. The Morgan fingerprint density at radius 1 is 1.36 bits per heavy atom. The van der Waals surface area contributed by atoms with Crippen LogP contribution in [-0.2, 0) is 14.3 Å². The second kappa shape index (κ2) is 7.74. The van der Waals surface area contributed by atoms with E-state index >= 15 is 0 Å². The summed E-state index contributed by atoms with van der Waals surface area (Å²) < 4.78 is 16.5. The average molecular weight is 349 g/mol. The third kappa shape index (κ3) is 3.56. The van der Waals surface area contributed by atoms with Gasteiger partial charge in [0.2, 0.25) is 5.91 Å². The second-order valence-corrected chi connectivity index (χ2v) is 6.23. The number of carbonyl (C=O) groups is 2. The third-order valence-electron chi connectivity index (χ3n) is 4.69. The number of carbonyl (C=O) groups excluding carboxylic acids is 1. The molecule has 1 amide bonds. The zero-order valence-corrected chi connectivity index (χ0v) is 14.3. The highest BCUT2D eigenvalue weighted by molar-refractivity contribution is 5.82. The SMILES string of the molecule is COCCCN1C(=O)CC[C@@H](C(=O)O)[C@@H]1c1cccc2c1OCCO2. The van der Waals surface area contributed by atoms with Crippen LogP contribution in [0, 0.1) is 5.92 Å². The van der Waals surface area contributed by atoms with Gasteiger partial charge in [-0.15, -0.1) is 0 Å². The fourth-order valence-corrected chi connectivity index (χ4v) is 3.57. The molecule has 1 fully saturated rings. The van der Waals surface area contributed by atoms with Crippen molar-refractivity contribution in [3.05, 3.63) is 23.8 Å². The van der Waals surface area contributed by atoms with E-state index in [2.05, 4.69) is 0 Å². The summed E-state index contributed by atoms with van der Waals surface area (Å²) in [6, 6.07) is 4.88. The fourth-order valence-electron chi connectivity index (χ4n) is 3.57. The maximum absolute atomic E-state index is 12.5. The number of benzene rings is 1. The molecule has 1 aromatic rings. The van der Waals surface area contributed by atoms with Gasteiger partial charge in [0, 0.05) is 32.2 Å². The van der Waals surface area contributed by atoms with Crippen LogP contribution in [-0.4, -0.2) is 55.4 Å². The van der Waals surface area contributed by atoms with Crippen molar-refractivity contribution in [1.82, 2.24) is 4.90 Å². The predicted octanol–water partition coefficient (Wildman–Crippen LogP) is 1.86. The van der Waals surface area contributed by atoms with Crippen LogP contribution in [0.2, 0.25) is 0 Å². The number of piperidine rings is 1. The van der Waals surface area contributed by atoms with Crippen molar-refractivity contribution in [2.45, 2.75) is 25.3 Å². The second-order valence-electron chi connectivity index (χ2n) is 6.23. The van der Waals surface area contributed by atoms with Gasteiger partial charge in [-0.25, -0.2) is 0 Å². The lowest BCUT2D eigenvalue weighted by molar-refractivity contribution is -0.152. The van der Waals surface area contributed by atoms with E-state index < -0.39 is 17.9 Å². The van der Waals surface area contributed by atoms with Gasteiger partial charge < -0.3 is 24.2 Å². The molecule has 1 aromatic carbocycles. The van der Waals surface area contributed by atoms with Crippen molar-refractivity contribution in [2.75, 3.05) is 33.5 Å². The molecule has 25 heavy (non-hydrogen) atoms. The molecule has 2 heterocycles. The van der Waals surface area contributed by atoms with Crippen molar-refractivity contribution in [1.29, 1.82) is 0 Å². The lowest BCUT2D eigenvalue weighted by Gasteiger charge is -2.40. The molecule has 0 bridgehead atoms. The summed E-state index contributed by atoms with van der Waals surface area (Å²) in [5.41, 5.74) is 0.704. The standard InChI is InChI=1S/C18H23NO6/c1-23-9-3-8-19-15(20)7-6-13(18(21)22)16(19)12-4-2-5-14-17(12)25-11-10-24-14/h2,4-5,13,16H,3,6-11H2,1H3,(H,21,22)/t13-,16+/m1/s1. The summed E-state index contributed by atoms with van der Waals surface area (Å²) in [4.78, 5) is 26.0. The third-order valence-corrected chi connectivity index (χ3v) is 4.69. The van der Waals surface area contributed by atoms with Gasteiger partial charge in [-0.1, -0.05) is 12.1 Å². The number of methoxy groups -OCH3 is 1. The van der Waals surface area contributed by atoms with Gasteiger partial charge in [-0.2, -0.15) is 0 Å². The Hall–Kier alpha value is -2.28. The highest BCUT2D eigenvalue weighted by atomic mass is 16.6. The molecular formula is C18H23NO6. The van der Waals surface area contributed by atoms with E-state index in [4.69, 9.17) is 14.2 Å². The number of likely N-dealkylation sites (tertiary alicyclic amines) is 1. The van der Waals surface area contributed by atoms with Gasteiger partial charge in [-0.3, -0.25) is 9.59 Å². The monoisotopic (exact) mass is 349 g/mol. The maximum Gasteiger partial charge on any atom is 0.308 e. The minimum Gasteiger partial charge on any atom is -0.486 e. The first-order valence-electron chi connectivity index (χ1n) is 8.53. The topological polar surface area (TPSA) is 85.3 Å². The summed E-state index contributed by atoms with van der Waals surface area (Å²) in [7, 11) is 1.61. The van der Waals surface area contributed by atoms with E-state index in [9.17, 15) is 14.7 Å². The molecule has 0 aromatic heterocycles. The Morgan fingerprint density at radius 2 is 2.16 bits per heavy atom. The van der Waals surface area contributed by atoms with Crippen molar-refractivity contribution in [2.24, 2.45) is 5.92 Å². The number of amides is 1. The zero-order chi connectivity index (χ0) is 17.8. The number of carboxylic acids is 1. The number of fused-ring (bicyclic) bond motifs is 1. The zero-order valence-electron chi connectivity index (χ0n) is 14.3. The molecule has 0 radical (unpaired) electrons. The summed E-state index contributed by atoms with van der Waals surface area (Å²) in [5, 5.41) is 9.71. The van der Waals surface area contributed by atoms with Crippen molar-refractivity contribution < 1.29 is 28.9 Å². The Kier molecular flexibility index (Phi) is 5.43. The molecule has 1 saturated heterocycles. The Morgan fingerprint density at radius 3 is 2.92 bits per heavy atom. The van der Waals surface area contributed by atoms with Crippen LogP contribution in [0.3, 0.4) is 0 Å². The van der Waals surface area contributed by atoms with E-state index in [-0.39, 0.29) is 12.3 Å². The first kappa shape index (κ1) is 17.5. The van der Waals surface area contributed by atoms with E-state index in [1.54, 1.807) is 18.1 Å². The van der Waals surface area contributed by atoms with E-state index in [1.165, 1.54) is 0 Å². The molecule has 7 heteroatoms. The van der Waals surface area contributed by atoms with Gasteiger partial charge in [0.05, 0.1) is 12.0 Å². The van der Waals surface area contributed by atoms with Gasteiger partial charge in [0.25, 0.3) is 0 Å².